The van der Waals surface area contributed by atoms with E-state index in [1.54, 1.807) is 12.1 Å². The summed E-state index contributed by atoms with van der Waals surface area (Å²) < 4.78 is 0. The molecule has 0 spiro atoms. The summed E-state index contributed by atoms with van der Waals surface area (Å²) in [5.74, 6) is -1.22. The third-order valence-corrected chi connectivity index (χ3v) is 2.81. The molecule has 1 amide bonds. The van der Waals surface area contributed by atoms with Gasteiger partial charge in [0.1, 0.15) is 0 Å². The molecule has 102 valence electrons. The molecule has 0 saturated carbocycles. The molecule has 0 aliphatic carbocycles. The number of amides is 1. The Labute approximate surface area is 117 Å². The van der Waals surface area contributed by atoms with Crippen LogP contribution in [0.3, 0.4) is 0 Å². The average molecular weight is 282 g/mol. The van der Waals surface area contributed by atoms with Crippen LogP contribution < -0.4 is 5.32 Å². The predicted octanol–water partition coefficient (Wildman–Crippen LogP) is 2.97. The van der Waals surface area contributed by atoms with Crippen LogP contribution in [0, 0.1) is 0 Å². The number of halogens is 1. The standard InChI is InChI=1S/C14H16ClNO3/c1-2-3-8-16-14(19)11-5-4-10(12(15)9-11)6-7-13(17)18/h4-7,9H,2-3,8H2,1H3,(H,16,19)(H,17,18)/b7-6+. The topological polar surface area (TPSA) is 66.4 Å². The Balaban J connectivity index is 2.76. The number of nitrogens with one attached hydrogen (secondary N) is 1. The lowest BCUT2D eigenvalue weighted by Gasteiger charge is -2.06. The van der Waals surface area contributed by atoms with E-state index in [4.69, 9.17) is 16.7 Å². The van der Waals surface area contributed by atoms with E-state index in [0.717, 1.165) is 18.9 Å². The van der Waals surface area contributed by atoms with Gasteiger partial charge in [-0.3, -0.25) is 4.79 Å². The smallest absolute Gasteiger partial charge is 0.328 e. The van der Waals surface area contributed by atoms with Gasteiger partial charge in [0.05, 0.1) is 0 Å². The normalized spacial score (nSPS) is 10.6. The van der Waals surface area contributed by atoms with Crippen molar-refractivity contribution >= 4 is 29.6 Å². The first-order chi connectivity index (χ1) is 9.04. The SMILES string of the molecule is CCCCNC(=O)c1ccc(/C=C/C(=O)O)c(Cl)c1. The molecule has 4 nitrogen and oxygen atoms in total. The molecule has 0 bridgehead atoms. The predicted molar refractivity (Wildman–Crippen MR) is 75.4 cm³/mol. The molecule has 0 saturated heterocycles. The van der Waals surface area contributed by atoms with Crippen LogP contribution >= 0.6 is 11.6 Å². The molecule has 0 aromatic heterocycles. The Morgan fingerprint density at radius 3 is 2.74 bits per heavy atom. The number of hydrogen-bond donors (Lipinski definition) is 2. The summed E-state index contributed by atoms with van der Waals surface area (Å²) in [6.07, 6.45) is 4.34. The van der Waals surface area contributed by atoms with E-state index in [-0.39, 0.29) is 5.91 Å². The first kappa shape index (κ1) is 15.2. The Hall–Kier alpha value is -1.81. The molecule has 1 aromatic carbocycles. The first-order valence-corrected chi connectivity index (χ1v) is 6.41. The number of benzene rings is 1. The number of rotatable bonds is 6. The highest BCUT2D eigenvalue weighted by Gasteiger charge is 2.07. The number of aliphatic carboxylic acids is 1. The zero-order valence-electron chi connectivity index (χ0n) is 10.6. The number of unbranched alkanes of at least 4 members (excludes halogenated alkanes) is 1. The third kappa shape index (κ3) is 5.14. The number of carbonyl (C=O) groups is 2. The summed E-state index contributed by atoms with van der Waals surface area (Å²) in [6, 6.07) is 4.77. The molecule has 0 aliphatic heterocycles. The molecule has 0 aliphatic rings. The number of carboxylic acids is 1. The Kier molecular flexibility index (Phi) is 6.09. The van der Waals surface area contributed by atoms with Gasteiger partial charge < -0.3 is 10.4 Å². The molecule has 5 heteroatoms. The zero-order valence-corrected chi connectivity index (χ0v) is 11.4. The van der Waals surface area contributed by atoms with Gasteiger partial charge in [0.15, 0.2) is 0 Å². The number of carboxylic acid groups (broad SMARTS) is 1. The van der Waals surface area contributed by atoms with Crippen molar-refractivity contribution in [1.82, 2.24) is 5.32 Å². The van der Waals surface area contributed by atoms with E-state index in [2.05, 4.69) is 5.32 Å². The quantitative estimate of drug-likeness (QED) is 0.622. The van der Waals surface area contributed by atoms with Gasteiger partial charge in [-0.2, -0.15) is 0 Å². The summed E-state index contributed by atoms with van der Waals surface area (Å²) >= 11 is 5.99. The molecule has 0 unspecified atom stereocenters. The second-order valence-electron chi connectivity index (χ2n) is 4.02. The van der Waals surface area contributed by atoms with Crippen LogP contribution in [0.25, 0.3) is 6.08 Å². The van der Waals surface area contributed by atoms with Gasteiger partial charge in [-0.1, -0.05) is 31.0 Å². The molecule has 0 heterocycles. The van der Waals surface area contributed by atoms with Gasteiger partial charge in [-0.25, -0.2) is 4.79 Å². The van der Waals surface area contributed by atoms with Crippen LogP contribution in [-0.4, -0.2) is 23.5 Å². The van der Waals surface area contributed by atoms with Crippen molar-refractivity contribution in [2.24, 2.45) is 0 Å². The molecule has 0 fully saturated rings. The molecular formula is C14H16ClNO3. The maximum Gasteiger partial charge on any atom is 0.328 e. The maximum atomic E-state index is 11.8. The van der Waals surface area contributed by atoms with Gasteiger partial charge in [-0.15, -0.1) is 0 Å². The average Bonchev–Trinajstić information content (AvgIpc) is 2.37. The van der Waals surface area contributed by atoms with Crippen LogP contribution in [0.4, 0.5) is 0 Å². The lowest BCUT2D eigenvalue weighted by molar-refractivity contribution is -0.131. The van der Waals surface area contributed by atoms with Crippen molar-refractivity contribution < 1.29 is 14.7 Å². The van der Waals surface area contributed by atoms with Crippen LogP contribution in [0.15, 0.2) is 24.3 Å². The summed E-state index contributed by atoms with van der Waals surface area (Å²) in [5, 5.41) is 11.7. The van der Waals surface area contributed by atoms with E-state index in [9.17, 15) is 9.59 Å². The Morgan fingerprint density at radius 2 is 2.16 bits per heavy atom. The number of hydrogen-bond acceptors (Lipinski definition) is 2. The Bertz CT molecular complexity index is 497. The summed E-state index contributed by atoms with van der Waals surface area (Å²) in [4.78, 5) is 22.2. The van der Waals surface area contributed by atoms with Crippen molar-refractivity contribution in [2.45, 2.75) is 19.8 Å². The third-order valence-electron chi connectivity index (χ3n) is 2.48. The Morgan fingerprint density at radius 1 is 1.42 bits per heavy atom. The fourth-order valence-corrected chi connectivity index (χ4v) is 1.69. The van der Waals surface area contributed by atoms with Crippen molar-refractivity contribution in [2.75, 3.05) is 6.54 Å². The fraction of sp³-hybridized carbons (Fsp3) is 0.286. The van der Waals surface area contributed by atoms with Crippen molar-refractivity contribution in [3.8, 4) is 0 Å². The van der Waals surface area contributed by atoms with E-state index < -0.39 is 5.97 Å². The van der Waals surface area contributed by atoms with Gasteiger partial charge in [0, 0.05) is 23.2 Å². The van der Waals surface area contributed by atoms with Gasteiger partial charge in [-0.05, 0) is 30.2 Å². The number of carbonyl (C=O) groups excluding carboxylic acids is 1. The minimum absolute atomic E-state index is 0.177. The highest BCUT2D eigenvalue weighted by molar-refractivity contribution is 6.32. The van der Waals surface area contributed by atoms with Gasteiger partial charge in [0.25, 0.3) is 5.91 Å². The lowest BCUT2D eigenvalue weighted by Crippen LogP contribution is -2.24. The second-order valence-corrected chi connectivity index (χ2v) is 4.42. The molecule has 2 N–H and O–H groups in total. The molecule has 1 aromatic rings. The van der Waals surface area contributed by atoms with Crippen molar-refractivity contribution in [1.29, 1.82) is 0 Å². The molecule has 19 heavy (non-hydrogen) atoms. The second kappa shape index (κ2) is 7.59. The van der Waals surface area contributed by atoms with Crippen LogP contribution in [0.1, 0.15) is 35.7 Å². The van der Waals surface area contributed by atoms with Crippen LogP contribution in [-0.2, 0) is 4.79 Å². The monoisotopic (exact) mass is 281 g/mol. The van der Waals surface area contributed by atoms with Gasteiger partial charge >= 0.3 is 5.97 Å². The largest absolute Gasteiger partial charge is 0.478 e. The summed E-state index contributed by atoms with van der Waals surface area (Å²) in [6.45, 7) is 2.68. The first-order valence-electron chi connectivity index (χ1n) is 6.03. The lowest BCUT2D eigenvalue weighted by atomic mass is 10.1. The van der Waals surface area contributed by atoms with E-state index in [1.165, 1.54) is 12.1 Å². The minimum Gasteiger partial charge on any atom is -0.478 e. The molecule has 1 rings (SSSR count). The van der Waals surface area contributed by atoms with E-state index in [1.807, 2.05) is 6.92 Å². The molecule has 0 radical (unpaired) electrons. The van der Waals surface area contributed by atoms with Gasteiger partial charge in [0.2, 0.25) is 0 Å². The van der Waals surface area contributed by atoms with E-state index in [0.29, 0.717) is 22.7 Å². The van der Waals surface area contributed by atoms with Crippen molar-refractivity contribution in [3.05, 3.63) is 40.4 Å². The maximum absolute atomic E-state index is 11.8. The van der Waals surface area contributed by atoms with Crippen LogP contribution in [0.2, 0.25) is 5.02 Å². The van der Waals surface area contributed by atoms with E-state index >= 15 is 0 Å². The highest BCUT2D eigenvalue weighted by Crippen LogP contribution is 2.19. The summed E-state index contributed by atoms with van der Waals surface area (Å²) in [7, 11) is 0. The molecule has 0 atom stereocenters. The zero-order chi connectivity index (χ0) is 14.3. The fourth-order valence-electron chi connectivity index (χ4n) is 1.45. The minimum atomic E-state index is -1.04. The highest BCUT2D eigenvalue weighted by atomic mass is 35.5. The van der Waals surface area contributed by atoms with Crippen molar-refractivity contribution in [3.63, 3.8) is 0 Å². The molecular weight excluding hydrogens is 266 g/mol. The summed E-state index contributed by atoms with van der Waals surface area (Å²) in [5.41, 5.74) is 1.03. The van der Waals surface area contributed by atoms with Crippen LogP contribution in [0.5, 0.6) is 0 Å².